The van der Waals surface area contributed by atoms with Crippen LogP contribution in [0, 0.1) is 13.8 Å². The summed E-state index contributed by atoms with van der Waals surface area (Å²) in [6.45, 7) is 3.33. The number of amides is 1. The molecule has 0 atom stereocenters. The Labute approximate surface area is 161 Å². The molecule has 27 heavy (non-hydrogen) atoms. The van der Waals surface area contributed by atoms with Gasteiger partial charge in [-0.25, -0.2) is 8.42 Å². The largest absolute Gasteiger partial charge is 0.361 e. The van der Waals surface area contributed by atoms with E-state index in [0.717, 1.165) is 0 Å². The van der Waals surface area contributed by atoms with E-state index in [-0.39, 0.29) is 21.3 Å². The third-order valence-electron chi connectivity index (χ3n) is 3.71. The van der Waals surface area contributed by atoms with E-state index in [4.69, 9.17) is 16.1 Å². The SMILES string of the molecule is Cc1cc(C(=O)Nc2ccc(C)c(S(=O)(=O)Nc3ccccc3Cl)c2)no1. The average molecular weight is 406 g/mol. The summed E-state index contributed by atoms with van der Waals surface area (Å²) < 4.78 is 32.9. The van der Waals surface area contributed by atoms with Gasteiger partial charge in [-0.05, 0) is 43.7 Å². The van der Waals surface area contributed by atoms with Gasteiger partial charge in [0.25, 0.3) is 15.9 Å². The molecule has 7 nitrogen and oxygen atoms in total. The fourth-order valence-corrected chi connectivity index (χ4v) is 3.97. The van der Waals surface area contributed by atoms with Crippen LogP contribution < -0.4 is 10.0 Å². The quantitative estimate of drug-likeness (QED) is 0.668. The standard InChI is InChI=1S/C18H16ClN3O4S/c1-11-7-8-13(20-18(23)16-9-12(2)26-21-16)10-17(11)27(24,25)22-15-6-4-3-5-14(15)19/h3-10,22H,1-2H3,(H,20,23). The van der Waals surface area contributed by atoms with Crippen molar-refractivity contribution in [2.45, 2.75) is 18.7 Å². The summed E-state index contributed by atoms with van der Waals surface area (Å²) in [7, 11) is -3.91. The van der Waals surface area contributed by atoms with Crippen molar-refractivity contribution in [1.29, 1.82) is 0 Å². The van der Waals surface area contributed by atoms with Gasteiger partial charge in [-0.3, -0.25) is 9.52 Å². The van der Waals surface area contributed by atoms with Crippen molar-refractivity contribution in [2.75, 3.05) is 10.0 Å². The Balaban J connectivity index is 1.88. The summed E-state index contributed by atoms with van der Waals surface area (Å²) in [5.74, 6) is -0.00521. The highest BCUT2D eigenvalue weighted by Gasteiger charge is 2.20. The van der Waals surface area contributed by atoms with Crippen molar-refractivity contribution in [3.63, 3.8) is 0 Å². The van der Waals surface area contributed by atoms with Crippen molar-refractivity contribution < 1.29 is 17.7 Å². The molecule has 0 bridgehead atoms. The number of hydrogen-bond donors (Lipinski definition) is 2. The van der Waals surface area contributed by atoms with Gasteiger partial charge < -0.3 is 9.84 Å². The van der Waals surface area contributed by atoms with Gasteiger partial charge in [-0.2, -0.15) is 0 Å². The Kier molecular flexibility index (Phi) is 5.20. The van der Waals surface area contributed by atoms with Crippen LogP contribution in [0.1, 0.15) is 21.8 Å². The molecule has 0 aliphatic heterocycles. The molecular formula is C18H16ClN3O4S. The number of nitrogens with zero attached hydrogens (tertiary/aromatic N) is 1. The minimum Gasteiger partial charge on any atom is -0.361 e. The van der Waals surface area contributed by atoms with Crippen molar-refractivity contribution in [3.8, 4) is 0 Å². The predicted octanol–water partition coefficient (Wildman–Crippen LogP) is 4.00. The second kappa shape index (κ2) is 7.42. The number of hydrogen-bond acceptors (Lipinski definition) is 5. The first-order chi connectivity index (χ1) is 12.8. The second-order valence-electron chi connectivity index (χ2n) is 5.84. The zero-order chi connectivity index (χ0) is 19.6. The Morgan fingerprint density at radius 3 is 2.52 bits per heavy atom. The van der Waals surface area contributed by atoms with E-state index in [2.05, 4.69) is 15.2 Å². The number of benzene rings is 2. The Bertz CT molecular complexity index is 1110. The second-order valence-corrected chi connectivity index (χ2v) is 7.90. The van der Waals surface area contributed by atoms with Gasteiger partial charge in [-0.1, -0.05) is 35.0 Å². The number of anilines is 2. The van der Waals surface area contributed by atoms with Gasteiger partial charge in [0.05, 0.1) is 15.6 Å². The molecule has 0 fully saturated rings. The lowest BCUT2D eigenvalue weighted by Crippen LogP contribution is -2.16. The first kappa shape index (κ1) is 18.9. The van der Waals surface area contributed by atoms with E-state index in [1.165, 1.54) is 12.1 Å². The van der Waals surface area contributed by atoms with Gasteiger partial charge in [0.1, 0.15) is 5.76 Å². The molecule has 1 aromatic heterocycles. The van der Waals surface area contributed by atoms with E-state index in [1.807, 2.05) is 0 Å². The molecule has 3 rings (SSSR count). The van der Waals surface area contributed by atoms with Crippen LogP contribution in [0.5, 0.6) is 0 Å². The lowest BCUT2D eigenvalue weighted by molar-refractivity contribution is 0.101. The zero-order valence-corrected chi connectivity index (χ0v) is 16.1. The molecule has 0 saturated carbocycles. The number of carbonyl (C=O) groups excluding carboxylic acids is 1. The van der Waals surface area contributed by atoms with Crippen LogP contribution in [0.25, 0.3) is 0 Å². The van der Waals surface area contributed by atoms with E-state index < -0.39 is 15.9 Å². The van der Waals surface area contributed by atoms with Crippen LogP contribution >= 0.6 is 11.6 Å². The minimum absolute atomic E-state index is 0.0246. The molecule has 2 N–H and O–H groups in total. The van der Waals surface area contributed by atoms with Crippen molar-refractivity contribution in [3.05, 3.63) is 70.6 Å². The third kappa shape index (κ3) is 4.29. The molecule has 0 saturated heterocycles. The molecule has 0 spiro atoms. The van der Waals surface area contributed by atoms with Crippen molar-refractivity contribution in [2.24, 2.45) is 0 Å². The highest BCUT2D eigenvalue weighted by Crippen LogP contribution is 2.27. The molecule has 0 unspecified atom stereocenters. The number of halogens is 1. The molecule has 0 aliphatic carbocycles. The molecule has 0 aliphatic rings. The summed E-state index contributed by atoms with van der Waals surface area (Å²) in [6, 6.07) is 12.6. The Morgan fingerprint density at radius 2 is 1.85 bits per heavy atom. The lowest BCUT2D eigenvalue weighted by atomic mass is 10.2. The average Bonchev–Trinajstić information content (AvgIpc) is 3.05. The number of rotatable bonds is 5. The molecule has 0 radical (unpaired) electrons. The molecule has 2 aromatic carbocycles. The number of carbonyl (C=O) groups is 1. The summed E-state index contributed by atoms with van der Waals surface area (Å²) in [6.07, 6.45) is 0. The number of nitrogens with one attached hydrogen (secondary N) is 2. The fraction of sp³-hybridized carbons (Fsp3) is 0.111. The van der Waals surface area contributed by atoms with Crippen LogP contribution in [-0.4, -0.2) is 19.5 Å². The number of aromatic nitrogens is 1. The van der Waals surface area contributed by atoms with E-state index in [9.17, 15) is 13.2 Å². The maximum absolute atomic E-state index is 12.8. The monoisotopic (exact) mass is 405 g/mol. The van der Waals surface area contributed by atoms with Gasteiger partial charge in [0.2, 0.25) is 0 Å². The van der Waals surface area contributed by atoms with Gasteiger partial charge in [0, 0.05) is 11.8 Å². The fourth-order valence-electron chi connectivity index (χ4n) is 2.38. The number of sulfonamides is 1. The summed E-state index contributed by atoms with van der Waals surface area (Å²) in [5, 5.41) is 6.52. The smallest absolute Gasteiger partial charge is 0.277 e. The highest BCUT2D eigenvalue weighted by molar-refractivity contribution is 7.92. The third-order valence-corrected chi connectivity index (χ3v) is 5.55. The number of aryl methyl sites for hydroxylation is 2. The summed E-state index contributed by atoms with van der Waals surface area (Å²) in [5.41, 5.74) is 1.20. The Hall–Kier alpha value is -2.84. The van der Waals surface area contributed by atoms with Crippen molar-refractivity contribution >= 4 is 38.9 Å². The van der Waals surface area contributed by atoms with Crippen LogP contribution in [-0.2, 0) is 10.0 Å². The molecular weight excluding hydrogens is 390 g/mol. The normalized spacial score (nSPS) is 11.2. The molecule has 9 heteroatoms. The van der Waals surface area contributed by atoms with Crippen LogP contribution in [0.3, 0.4) is 0 Å². The van der Waals surface area contributed by atoms with E-state index in [1.54, 1.807) is 50.2 Å². The lowest BCUT2D eigenvalue weighted by Gasteiger charge is -2.13. The van der Waals surface area contributed by atoms with Crippen LogP contribution in [0.15, 0.2) is 57.9 Å². The van der Waals surface area contributed by atoms with Crippen LogP contribution in [0.2, 0.25) is 5.02 Å². The topological polar surface area (TPSA) is 101 Å². The summed E-state index contributed by atoms with van der Waals surface area (Å²) >= 11 is 6.03. The van der Waals surface area contributed by atoms with Gasteiger partial charge in [0.15, 0.2) is 5.69 Å². The molecule has 1 heterocycles. The Morgan fingerprint density at radius 1 is 1.11 bits per heavy atom. The molecule has 3 aromatic rings. The van der Waals surface area contributed by atoms with E-state index in [0.29, 0.717) is 17.0 Å². The first-order valence-corrected chi connectivity index (χ1v) is 9.75. The van der Waals surface area contributed by atoms with E-state index >= 15 is 0 Å². The minimum atomic E-state index is -3.91. The first-order valence-electron chi connectivity index (χ1n) is 7.89. The summed E-state index contributed by atoms with van der Waals surface area (Å²) in [4.78, 5) is 12.2. The van der Waals surface area contributed by atoms with Gasteiger partial charge in [-0.15, -0.1) is 0 Å². The maximum Gasteiger partial charge on any atom is 0.277 e. The highest BCUT2D eigenvalue weighted by atomic mass is 35.5. The molecule has 1 amide bonds. The number of para-hydroxylation sites is 1. The van der Waals surface area contributed by atoms with Gasteiger partial charge >= 0.3 is 0 Å². The predicted molar refractivity (Wildman–Crippen MR) is 103 cm³/mol. The zero-order valence-electron chi connectivity index (χ0n) is 14.5. The molecule has 140 valence electrons. The van der Waals surface area contributed by atoms with Crippen molar-refractivity contribution in [1.82, 2.24) is 5.16 Å². The maximum atomic E-state index is 12.8. The van der Waals surface area contributed by atoms with Crippen LogP contribution in [0.4, 0.5) is 11.4 Å².